The van der Waals surface area contributed by atoms with Gasteiger partial charge in [0.05, 0.1) is 12.0 Å². The second-order valence-electron chi connectivity index (χ2n) is 4.46. The van der Waals surface area contributed by atoms with Crippen LogP contribution in [0.25, 0.3) is 0 Å². The molecule has 0 aliphatic carbocycles. The zero-order chi connectivity index (χ0) is 13.6. The average Bonchev–Trinajstić information content (AvgIpc) is 2.11. The molecule has 1 atom stereocenters. The molecule has 0 aromatic heterocycles. The first-order chi connectivity index (χ1) is 7.61. The summed E-state index contributed by atoms with van der Waals surface area (Å²) in [6.45, 7) is 4.91. The molecule has 7 nitrogen and oxygen atoms in total. The summed E-state index contributed by atoms with van der Waals surface area (Å²) in [6, 6.07) is -1.44. The number of hydrogen-bond donors (Lipinski definition) is 3. The van der Waals surface area contributed by atoms with Crippen LogP contribution in [0.2, 0.25) is 0 Å². The van der Waals surface area contributed by atoms with E-state index in [0.29, 0.717) is 0 Å². The Kier molecular flexibility index (Phi) is 5.60. The highest BCUT2D eigenvalue weighted by Gasteiger charge is 2.23. The van der Waals surface area contributed by atoms with Gasteiger partial charge < -0.3 is 20.3 Å². The van der Waals surface area contributed by atoms with E-state index in [0.717, 1.165) is 0 Å². The van der Waals surface area contributed by atoms with Gasteiger partial charge in [-0.15, -0.1) is 0 Å². The van der Waals surface area contributed by atoms with Crippen LogP contribution in [-0.2, 0) is 19.1 Å². The van der Waals surface area contributed by atoms with Gasteiger partial charge in [0.15, 0.2) is 0 Å². The Hall–Kier alpha value is -1.63. The van der Waals surface area contributed by atoms with Crippen LogP contribution in [0.3, 0.4) is 0 Å². The lowest BCUT2D eigenvalue weighted by Gasteiger charge is -2.20. The molecule has 0 saturated carbocycles. The quantitative estimate of drug-likeness (QED) is 0.601. The van der Waals surface area contributed by atoms with E-state index in [2.05, 4.69) is 5.32 Å². The highest BCUT2D eigenvalue weighted by molar-refractivity contribution is 5.87. The van der Waals surface area contributed by atoms with Crippen molar-refractivity contribution >= 4 is 17.8 Å². The molecule has 0 aliphatic rings. The maximum Gasteiger partial charge on any atom is 0.326 e. The summed E-state index contributed by atoms with van der Waals surface area (Å²) in [6.07, 6.45) is -0.670. The second kappa shape index (κ2) is 6.19. The van der Waals surface area contributed by atoms with Gasteiger partial charge in [-0.05, 0) is 20.8 Å². The van der Waals surface area contributed by atoms with Crippen LogP contribution in [0.15, 0.2) is 0 Å². The molecular weight excluding hydrogens is 230 g/mol. The minimum Gasteiger partial charge on any atom is -0.481 e. The monoisotopic (exact) mass is 247 g/mol. The Labute approximate surface area is 98.8 Å². The number of carbonyl (C=O) groups excluding carboxylic acids is 1. The first-order valence-corrected chi connectivity index (χ1v) is 5.00. The fourth-order valence-electron chi connectivity index (χ4n) is 0.893. The number of carboxylic acids is 2. The summed E-state index contributed by atoms with van der Waals surface area (Å²) in [4.78, 5) is 32.3. The Morgan fingerprint density at radius 3 is 2.12 bits per heavy atom. The summed E-state index contributed by atoms with van der Waals surface area (Å²) in [7, 11) is 0. The molecule has 1 amide bonds. The van der Waals surface area contributed by atoms with E-state index in [1.807, 2.05) is 0 Å². The van der Waals surface area contributed by atoms with E-state index >= 15 is 0 Å². The van der Waals surface area contributed by atoms with E-state index in [1.165, 1.54) is 0 Å². The number of ether oxygens (including phenoxy) is 1. The third-order valence-corrected chi connectivity index (χ3v) is 1.65. The average molecular weight is 247 g/mol. The van der Waals surface area contributed by atoms with Crippen molar-refractivity contribution in [2.75, 3.05) is 6.61 Å². The number of carbonyl (C=O) groups is 3. The summed E-state index contributed by atoms with van der Waals surface area (Å²) < 4.78 is 5.12. The van der Waals surface area contributed by atoms with E-state index in [1.54, 1.807) is 20.8 Å². The molecule has 0 radical (unpaired) electrons. The SMILES string of the molecule is CC(C)(C)OCC(=O)NC(CC(=O)O)C(=O)O. The minimum absolute atomic E-state index is 0.313. The van der Waals surface area contributed by atoms with Gasteiger partial charge in [-0.3, -0.25) is 9.59 Å². The Morgan fingerprint density at radius 2 is 1.76 bits per heavy atom. The fraction of sp³-hybridized carbons (Fsp3) is 0.700. The molecule has 0 aromatic carbocycles. The van der Waals surface area contributed by atoms with Crippen molar-refractivity contribution in [3.8, 4) is 0 Å². The fourth-order valence-corrected chi connectivity index (χ4v) is 0.893. The van der Waals surface area contributed by atoms with E-state index in [4.69, 9.17) is 14.9 Å². The van der Waals surface area contributed by atoms with Gasteiger partial charge >= 0.3 is 11.9 Å². The molecule has 17 heavy (non-hydrogen) atoms. The van der Waals surface area contributed by atoms with Crippen molar-refractivity contribution in [1.82, 2.24) is 5.32 Å². The van der Waals surface area contributed by atoms with Crippen LogP contribution >= 0.6 is 0 Å². The molecule has 0 bridgehead atoms. The van der Waals surface area contributed by atoms with Crippen LogP contribution in [0.1, 0.15) is 27.2 Å². The maximum atomic E-state index is 11.3. The van der Waals surface area contributed by atoms with Crippen molar-refractivity contribution < 1.29 is 29.3 Å². The van der Waals surface area contributed by atoms with Crippen LogP contribution in [0.4, 0.5) is 0 Å². The number of hydrogen-bond acceptors (Lipinski definition) is 4. The standard InChI is InChI=1S/C10H17NO6/c1-10(2,3)17-5-7(12)11-6(9(15)16)4-8(13)14/h6H,4-5H2,1-3H3,(H,11,12)(H,13,14)(H,15,16). The van der Waals surface area contributed by atoms with Crippen molar-refractivity contribution in [3.63, 3.8) is 0 Å². The van der Waals surface area contributed by atoms with Crippen LogP contribution in [0, 0.1) is 0 Å². The number of rotatable bonds is 6. The predicted molar refractivity (Wildman–Crippen MR) is 57.5 cm³/mol. The van der Waals surface area contributed by atoms with Gasteiger partial charge in [-0.25, -0.2) is 4.79 Å². The lowest BCUT2D eigenvalue weighted by atomic mass is 10.2. The van der Waals surface area contributed by atoms with E-state index < -0.39 is 35.9 Å². The number of carboxylic acid groups (broad SMARTS) is 2. The topological polar surface area (TPSA) is 113 Å². The van der Waals surface area contributed by atoms with Crippen molar-refractivity contribution in [1.29, 1.82) is 0 Å². The molecule has 0 fully saturated rings. The molecule has 0 aromatic rings. The molecule has 0 heterocycles. The van der Waals surface area contributed by atoms with Gasteiger partial charge in [-0.1, -0.05) is 0 Å². The minimum atomic E-state index is -1.44. The second-order valence-corrected chi connectivity index (χ2v) is 4.46. The lowest BCUT2D eigenvalue weighted by molar-refractivity contribution is -0.148. The predicted octanol–water partition coefficient (Wildman–Crippen LogP) is -0.154. The highest BCUT2D eigenvalue weighted by atomic mass is 16.5. The Morgan fingerprint density at radius 1 is 1.24 bits per heavy atom. The van der Waals surface area contributed by atoms with Gasteiger partial charge in [0, 0.05) is 0 Å². The molecular formula is C10H17NO6. The lowest BCUT2D eigenvalue weighted by Crippen LogP contribution is -2.44. The van der Waals surface area contributed by atoms with Gasteiger partial charge in [0.1, 0.15) is 12.6 Å². The maximum absolute atomic E-state index is 11.3. The van der Waals surface area contributed by atoms with Gasteiger partial charge in [0.2, 0.25) is 5.91 Å². The first kappa shape index (κ1) is 15.4. The molecule has 7 heteroatoms. The Balaban J connectivity index is 4.22. The summed E-state index contributed by atoms with van der Waals surface area (Å²) in [5, 5.41) is 19.2. The van der Waals surface area contributed by atoms with Gasteiger partial charge in [0.25, 0.3) is 0 Å². The summed E-state index contributed by atoms with van der Waals surface area (Å²) in [5.41, 5.74) is -0.525. The third-order valence-electron chi connectivity index (χ3n) is 1.65. The number of amides is 1. The first-order valence-electron chi connectivity index (χ1n) is 5.00. The number of aliphatic carboxylic acids is 2. The molecule has 0 aliphatic heterocycles. The van der Waals surface area contributed by atoms with Crippen LogP contribution in [-0.4, -0.2) is 46.3 Å². The zero-order valence-corrected chi connectivity index (χ0v) is 10.0. The molecule has 0 rings (SSSR count). The van der Waals surface area contributed by atoms with Crippen molar-refractivity contribution in [2.45, 2.75) is 38.8 Å². The van der Waals surface area contributed by atoms with Crippen molar-refractivity contribution in [2.24, 2.45) is 0 Å². The van der Waals surface area contributed by atoms with Crippen LogP contribution in [0.5, 0.6) is 0 Å². The van der Waals surface area contributed by atoms with Gasteiger partial charge in [-0.2, -0.15) is 0 Å². The molecule has 0 saturated heterocycles. The molecule has 3 N–H and O–H groups in total. The summed E-state index contributed by atoms with van der Waals surface area (Å²) >= 11 is 0. The van der Waals surface area contributed by atoms with Crippen molar-refractivity contribution in [3.05, 3.63) is 0 Å². The normalized spacial score (nSPS) is 12.9. The zero-order valence-electron chi connectivity index (χ0n) is 10.0. The van der Waals surface area contributed by atoms with E-state index in [-0.39, 0.29) is 6.61 Å². The van der Waals surface area contributed by atoms with Crippen LogP contribution < -0.4 is 5.32 Å². The largest absolute Gasteiger partial charge is 0.481 e. The smallest absolute Gasteiger partial charge is 0.326 e. The Bertz CT molecular complexity index is 306. The number of nitrogens with one attached hydrogen (secondary N) is 1. The molecule has 98 valence electrons. The summed E-state index contributed by atoms with van der Waals surface area (Å²) in [5.74, 6) is -3.35. The molecule has 0 spiro atoms. The van der Waals surface area contributed by atoms with E-state index in [9.17, 15) is 14.4 Å². The molecule has 1 unspecified atom stereocenters. The third kappa shape index (κ3) is 8.21. The highest BCUT2D eigenvalue weighted by Crippen LogP contribution is 2.05.